The van der Waals surface area contributed by atoms with Gasteiger partial charge in [-0.3, -0.25) is 4.79 Å². The molecule has 2 nitrogen and oxygen atoms in total. The predicted octanol–water partition coefficient (Wildman–Crippen LogP) is 4.85. The van der Waals surface area contributed by atoms with Crippen molar-refractivity contribution < 1.29 is 18.0 Å². The molecule has 1 aliphatic rings. The third-order valence-corrected chi connectivity index (χ3v) is 4.71. The van der Waals surface area contributed by atoms with Crippen molar-refractivity contribution in [1.82, 2.24) is 5.32 Å². The molecule has 2 rings (SSSR count). The molecule has 0 heterocycles. The van der Waals surface area contributed by atoms with Crippen LogP contribution in [0.4, 0.5) is 13.2 Å². The van der Waals surface area contributed by atoms with E-state index in [1.54, 1.807) is 0 Å². The average molecular weight is 378 g/mol. The number of aryl methyl sites for hydroxylation is 1. The number of carbonyl (C=O) groups is 1. The smallest absolute Gasteiger partial charge is 0.353 e. The van der Waals surface area contributed by atoms with E-state index in [0.29, 0.717) is 22.9 Å². The molecule has 0 spiro atoms. The first kappa shape index (κ1) is 17.3. The number of alkyl halides is 3. The number of halogens is 4. The highest BCUT2D eigenvalue weighted by Gasteiger charge is 2.30. The summed E-state index contributed by atoms with van der Waals surface area (Å²) in [5, 5.41) is 3.01. The Morgan fingerprint density at radius 3 is 2.50 bits per heavy atom. The van der Waals surface area contributed by atoms with Crippen LogP contribution in [0.25, 0.3) is 0 Å². The molecule has 1 amide bonds. The van der Waals surface area contributed by atoms with Crippen molar-refractivity contribution in [3.8, 4) is 0 Å². The van der Waals surface area contributed by atoms with Crippen LogP contribution in [0.2, 0.25) is 0 Å². The van der Waals surface area contributed by atoms with E-state index < -0.39 is 11.7 Å². The van der Waals surface area contributed by atoms with Gasteiger partial charge in [0.05, 0.1) is 5.56 Å². The van der Waals surface area contributed by atoms with Gasteiger partial charge in [-0.2, -0.15) is 13.2 Å². The van der Waals surface area contributed by atoms with Gasteiger partial charge in [0.1, 0.15) is 0 Å². The average Bonchev–Trinajstić information content (AvgIpc) is 2.46. The molecule has 1 saturated carbocycles. The van der Waals surface area contributed by atoms with Crippen molar-refractivity contribution in [3.05, 3.63) is 33.8 Å². The lowest BCUT2D eigenvalue weighted by Gasteiger charge is -2.22. The lowest BCUT2D eigenvalue weighted by atomic mass is 9.95. The number of amides is 1. The minimum atomic E-state index is -4.35. The molecule has 22 heavy (non-hydrogen) atoms. The molecule has 0 saturated heterocycles. The minimum Gasteiger partial charge on any atom is -0.353 e. The Morgan fingerprint density at radius 1 is 1.23 bits per heavy atom. The fourth-order valence-electron chi connectivity index (χ4n) is 2.72. The van der Waals surface area contributed by atoms with Gasteiger partial charge in [0, 0.05) is 16.9 Å². The van der Waals surface area contributed by atoms with Crippen molar-refractivity contribution in [2.75, 3.05) is 0 Å². The highest BCUT2D eigenvalue weighted by Crippen LogP contribution is 2.32. The third-order valence-electron chi connectivity index (χ3n) is 3.97. The Morgan fingerprint density at radius 2 is 1.91 bits per heavy atom. The first-order valence-electron chi connectivity index (χ1n) is 7.51. The topological polar surface area (TPSA) is 29.1 Å². The molecule has 0 bridgehead atoms. The summed E-state index contributed by atoms with van der Waals surface area (Å²) in [5.74, 6) is -0.0290. The van der Waals surface area contributed by atoms with Gasteiger partial charge in [-0.1, -0.05) is 41.3 Å². The first-order chi connectivity index (χ1) is 10.4. The Labute approximate surface area is 136 Å². The lowest BCUT2D eigenvalue weighted by molar-refractivity contribution is -0.137. The zero-order valence-corrected chi connectivity index (χ0v) is 13.8. The number of hydrogen-bond acceptors (Lipinski definition) is 1. The van der Waals surface area contributed by atoms with Crippen LogP contribution in [0.5, 0.6) is 0 Å². The molecule has 0 aliphatic heterocycles. The summed E-state index contributed by atoms with van der Waals surface area (Å²) in [4.78, 5) is 11.9. The maximum Gasteiger partial charge on any atom is 0.416 e. The second kappa shape index (κ2) is 7.49. The predicted molar refractivity (Wildman–Crippen MR) is 82.5 cm³/mol. The maximum absolute atomic E-state index is 12.6. The van der Waals surface area contributed by atoms with Gasteiger partial charge < -0.3 is 5.32 Å². The highest BCUT2D eigenvalue weighted by molar-refractivity contribution is 9.10. The zero-order valence-electron chi connectivity index (χ0n) is 12.2. The van der Waals surface area contributed by atoms with Crippen molar-refractivity contribution in [2.45, 2.75) is 57.2 Å². The molecular formula is C16H19BrF3NO. The summed E-state index contributed by atoms with van der Waals surface area (Å²) in [7, 11) is 0. The summed E-state index contributed by atoms with van der Waals surface area (Å²) in [6, 6.07) is 3.81. The van der Waals surface area contributed by atoms with E-state index in [0.717, 1.165) is 37.8 Å². The van der Waals surface area contributed by atoms with Crippen molar-refractivity contribution in [3.63, 3.8) is 0 Å². The van der Waals surface area contributed by atoms with E-state index in [9.17, 15) is 18.0 Å². The van der Waals surface area contributed by atoms with E-state index in [-0.39, 0.29) is 11.9 Å². The largest absolute Gasteiger partial charge is 0.416 e. The minimum absolute atomic E-state index is 0.0290. The molecule has 1 fully saturated rings. The zero-order chi connectivity index (χ0) is 16.2. The SMILES string of the molecule is O=C(CCc1ccc(C(F)(F)F)cc1Br)NC1CCCCC1. The summed E-state index contributed by atoms with van der Waals surface area (Å²) in [6.07, 6.45) is 1.94. The second-order valence-corrected chi connectivity index (χ2v) is 6.56. The number of nitrogens with one attached hydrogen (secondary N) is 1. The van der Waals surface area contributed by atoms with Crippen LogP contribution < -0.4 is 5.32 Å². The number of rotatable bonds is 4. The van der Waals surface area contributed by atoms with Crippen LogP contribution in [0.1, 0.15) is 49.7 Å². The fourth-order valence-corrected chi connectivity index (χ4v) is 3.30. The van der Waals surface area contributed by atoms with Gasteiger partial charge in [0.15, 0.2) is 0 Å². The van der Waals surface area contributed by atoms with Crippen LogP contribution >= 0.6 is 15.9 Å². The quantitative estimate of drug-likeness (QED) is 0.798. The molecular weight excluding hydrogens is 359 g/mol. The van der Waals surface area contributed by atoms with Crippen LogP contribution in [0.3, 0.4) is 0 Å². The Kier molecular flexibility index (Phi) is 5.89. The summed E-state index contributed by atoms with van der Waals surface area (Å²) in [6.45, 7) is 0. The Bertz CT molecular complexity index is 525. The molecule has 1 aliphatic carbocycles. The van der Waals surface area contributed by atoms with E-state index in [4.69, 9.17) is 0 Å². The number of carbonyl (C=O) groups excluding carboxylic acids is 1. The fraction of sp³-hybridized carbons (Fsp3) is 0.562. The Hall–Kier alpha value is -1.04. The van der Waals surface area contributed by atoms with Crippen LogP contribution in [-0.2, 0) is 17.4 Å². The molecule has 0 radical (unpaired) electrons. The molecule has 0 atom stereocenters. The summed E-state index contributed by atoms with van der Waals surface area (Å²) in [5.41, 5.74) is 0.0292. The third kappa shape index (κ3) is 5.00. The summed E-state index contributed by atoms with van der Waals surface area (Å²) >= 11 is 3.16. The maximum atomic E-state index is 12.6. The van der Waals surface area contributed by atoms with E-state index in [2.05, 4.69) is 21.2 Å². The van der Waals surface area contributed by atoms with E-state index in [1.165, 1.54) is 12.5 Å². The number of hydrogen-bond donors (Lipinski definition) is 1. The van der Waals surface area contributed by atoms with E-state index >= 15 is 0 Å². The van der Waals surface area contributed by atoms with Crippen molar-refractivity contribution in [1.29, 1.82) is 0 Å². The molecule has 6 heteroatoms. The van der Waals surface area contributed by atoms with Gasteiger partial charge in [-0.25, -0.2) is 0 Å². The second-order valence-electron chi connectivity index (χ2n) is 5.71. The van der Waals surface area contributed by atoms with Crippen LogP contribution in [0.15, 0.2) is 22.7 Å². The first-order valence-corrected chi connectivity index (χ1v) is 8.30. The van der Waals surface area contributed by atoms with Gasteiger partial charge >= 0.3 is 6.18 Å². The molecule has 0 unspecified atom stereocenters. The molecule has 1 N–H and O–H groups in total. The normalized spacial score (nSPS) is 16.5. The van der Waals surface area contributed by atoms with Crippen LogP contribution in [-0.4, -0.2) is 11.9 Å². The molecule has 1 aromatic carbocycles. The molecule has 1 aromatic rings. The van der Waals surface area contributed by atoms with Gasteiger partial charge in [0.2, 0.25) is 5.91 Å². The van der Waals surface area contributed by atoms with Crippen molar-refractivity contribution in [2.24, 2.45) is 0 Å². The van der Waals surface area contributed by atoms with Gasteiger partial charge in [0.25, 0.3) is 0 Å². The van der Waals surface area contributed by atoms with Gasteiger partial charge in [-0.15, -0.1) is 0 Å². The van der Waals surface area contributed by atoms with Crippen LogP contribution in [0, 0.1) is 0 Å². The summed E-state index contributed by atoms with van der Waals surface area (Å²) < 4.78 is 38.2. The Balaban J connectivity index is 1.87. The van der Waals surface area contributed by atoms with Gasteiger partial charge in [-0.05, 0) is 37.0 Å². The molecule has 122 valence electrons. The molecule has 0 aromatic heterocycles. The van der Waals surface area contributed by atoms with E-state index in [1.807, 2.05) is 0 Å². The standard InChI is InChI=1S/C16H19BrF3NO/c17-14-10-12(16(18,19)20)8-6-11(14)7-9-15(22)21-13-4-2-1-3-5-13/h6,8,10,13H,1-5,7,9H2,(H,21,22). The number of benzene rings is 1. The van der Waals surface area contributed by atoms with Crippen molar-refractivity contribution >= 4 is 21.8 Å². The lowest BCUT2D eigenvalue weighted by Crippen LogP contribution is -2.36. The monoisotopic (exact) mass is 377 g/mol. The highest BCUT2D eigenvalue weighted by atomic mass is 79.9.